The van der Waals surface area contributed by atoms with Crippen LogP contribution in [0.15, 0.2) is 54.6 Å². The maximum Gasteiger partial charge on any atom is 0.0726 e. The molecule has 112 valence electrons. The van der Waals surface area contributed by atoms with Crippen molar-refractivity contribution in [1.29, 1.82) is 0 Å². The summed E-state index contributed by atoms with van der Waals surface area (Å²) < 4.78 is 0. The minimum atomic E-state index is 0. The second-order valence-corrected chi connectivity index (χ2v) is 5.74. The van der Waals surface area contributed by atoms with Crippen LogP contribution < -0.4 is 4.90 Å². The van der Waals surface area contributed by atoms with Crippen molar-refractivity contribution in [2.75, 3.05) is 11.4 Å². The van der Waals surface area contributed by atoms with Gasteiger partial charge in [-0.05, 0) is 36.6 Å². The molecule has 0 saturated carbocycles. The molecule has 4 rings (SSSR count). The van der Waals surface area contributed by atoms with Crippen LogP contribution in [0, 0.1) is 6.92 Å². The Kier molecular flexibility index (Phi) is 4.04. The number of para-hydroxylation sites is 1. The van der Waals surface area contributed by atoms with Crippen molar-refractivity contribution >= 4 is 29.0 Å². The first-order valence-electron chi connectivity index (χ1n) is 7.49. The fourth-order valence-electron chi connectivity index (χ4n) is 3.25. The number of benzene rings is 2. The second-order valence-electron chi connectivity index (χ2n) is 5.74. The van der Waals surface area contributed by atoms with Gasteiger partial charge >= 0.3 is 0 Å². The van der Waals surface area contributed by atoms with E-state index in [-0.39, 0.29) is 12.4 Å². The number of rotatable bonds is 1. The van der Waals surface area contributed by atoms with E-state index in [0.717, 1.165) is 30.7 Å². The molecule has 0 saturated heterocycles. The predicted molar refractivity (Wildman–Crippen MR) is 94.9 cm³/mol. The van der Waals surface area contributed by atoms with Crippen LogP contribution in [0.2, 0.25) is 0 Å². The summed E-state index contributed by atoms with van der Waals surface area (Å²) in [6, 6.07) is 19.4. The summed E-state index contributed by atoms with van der Waals surface area (Å²) in [6.45, 7) is 4.14. The van der Waals surface area contributed by atoms with E-state index in [1.807, 2.05) is 0 Å². The third-order valence-corrected chi connectivity index (χ3v) is 4.29. The number of nitrogens with zero attached hydrogens (tertiary/aromatic N) is 2. The number of fused-ring (bicyclic) bond motifs is 2. The van der Waals surface area contributed by atoms with Gasteiger partial charge in [0.1, 0.15) is 0 Å². The predicted octanol–water partition coefficient (Wildman–Crippen LogP) is 4.53. The van der Waals surface area contributed by atoms with E-state index < -0.39 is 0 Å². The van der Waals surface area contributed by atoms with Crippen molar-refractivity contribution in [2.24, 2.45) is 0 Å². The lowest BCUT2D eigenvalue weighted by Gasteiger charge is -2.31. The maximum atomic E-state index is 4.65. The number of halogens is 1. The molecule has 0 radical (unpaired) electrons. The lowest BCUT2D eigenvalue weighted by Crippen LogP contribution is -2.30. The van der Waals surface area contributed by atoms with Gasteiger partial charge < -0.3 is 4.90 Å². The molecule has 2 aromatic carbocycles. The Hall–Kier alpha value is -2.06. The number of hydrogen-bond acceptors (Lipinski definition) is 2. The molecule has 0 unspecified atom stereocenters. The fraction of sp³-hybridized carbons (Fsp3) is 0.211. The van der Waals surface area contributed by atoms with Gasteiger partial charge in [0.05, 0.1) is 5.52 Å². The summed E-state index contributed by atoms with van der Waals surface area (Å²) >= 11 is 0. The zero-order chi connectivity index (χ0) is 14.2. The van der Waals surface area contributed by atoms with Gasteiger partial charge in [-0.15, -0.1) is 12.4 Å². The van der Waals surface area contributed by atoms with Gasteiger partial charge in [-0.25, -0.2) is 0 Å². The van der Waals surface area contributed by atoms with Crippen molar-refractivity contribution in [3.8, 4) is 0 Å². The molecule has 1 aliphatic heterocycles. The highest BCUT2D eigenvalue weighted by Crippen LogP contribution is 2.30. The van der Waals surface area contributed by atoms with Crippen LogP contribution in [-0.4, -0.2) is 11.5 Å². The molecule has 0 aliphatic carbocycles. The SMILES string of the molecule is Cc1cc(N2CCc3ccccc3C2)c2ccccc2n1.Cl. The molecule has 0 atom stereocenters. The van der Waals surface area contributed by atoms with Gasteiger partial charge in [0, 0.05) is 29.9 Å². The standard InChI is InChI=1S/C19H18N2.ClH/c1-14-12-19(17-8-4-5-9-18(17)20-14)21-11-10-15-6-2-3-7-16(15)13-21;/h2-9,12H,10-11,13H2,1H3;1H. The van der Waals surface area contributed by atoms with E-state index >= 15 is 0 Å². The van der Waals surface area contributed by atoms with Crippen LogP contribution >= 0.6 is 12.4 Å². The highest BCUT2D eigenvalue weighted by atomic mass is 35.5. The Balaban J connectivity index is 0.00000144. The van der Waals surface area contributed by atoms with Gasteiger partial charge in [-0.1, -0.05) is 42.5 Å². The Labute approximate surface area is 137 Å². The Morgan fingerprint density at radius 1 is 0.955 bits per heavy atom. The number of anilines is 1. The molecule has 0 N–H and O–H groups in total. The third kappa shape index (κ3) is 2.55. The van der Waals surface area contributed by atoms with Gasteiger partial charge in [0.15, 0.2) is 0 Å². The minimum absolute atomic E-state index is 0. The molecule has 1 aliphatic rings. The Morgan fingerprint density at radius 2 is 1.68 bits per heavy atom. The molecule has 22 heavy (non-hydrogen) atoms. The van der Waals surface area contributed by atoms with E-state index in [0.29, 0.717) is 0 Å². The zero-order valence-corrected chi connectivity index (χ0v) is 13.4. The van der Waals surface area contributed by atoms with Gasteiger partial charge in [0.2, 0.25) is 0 Å². The normalized spacial score (nSPS) is 13.6. The molecule has 1 aromatic heterocycles. The van der Waals surface area contributed by atoms with Gasteiger partial charge in [-0.3, -0.25) is 4.98 Å². The lowest BCUT2D eigenvalue weighted by atomic mass is 9.99. The van der Waals surface area contributed by atoms with Crippen molar-refractivity contribution in [2.45, 2.75) is 19.9 Å². The molecule has 2 heterocycles. The summed E-state index contributed by atoms with van der Waals surface area (Å²) in [5.41, 5.74) is 6.42. The van der Waals surface area contributed by atoms with Crippen LogP contribution in [0.4, 0.5) is 5.69 Å². The van der Waals surface area contributed by atoms with Crippen molar-refractivity contribution < 1.29 is 0 Å². The molecule has 2 nitrogen and oxygen atoms in total. The number of aryl methyl sites for hydroxylation is 1. The molecule has 3 heteroatoms. The lowest BCUT2D eigenvalue weighted by molar-refractivity contribution is 0.733. The fourth-order valence-corrected chi connectivity index (χ4v) is 3.25. The number of hydrogen-bond donors (Lipinski definition) is 0. The summed E-state index contributed by atoms with van der Waals surface area (Å²) in [5.74, 6) is 0. The van der Waals surface area contributed by atoms with Crippen LogP contribution in [0.5, 0.6) is 0 Å². The number of pyridine rings is 1. The zero-order valence-electron chi connectivity index (χ0n) is 12.6. The van der Waals surface area contributed by atoms with Crippen LogP contribution in [0.3, 0.4) is 0 Å². The van der Waals surface area contributed by atoms with Crippen molar-refractivity contribution in [1.82, 2.24) is 4.98 Å². The molecular formula is C19H19ClN2. The Bertz CT molecular complexity index is 813. The first-order chi connectivity index (χ1) is 10.3. The average Bonchev–Trinajstić information content (AvgIpc) is 2.53. The first-order valence-corrected chi connectivity index (χ1v) is 7.49. The van der Waals surface area contributed by atoms with Crippen LogP contribution in [0.1, 0.15) is 16.8 Å². The van der Waals surface area contributed by atoms with Gasteiger partial charge in [-0.2, -0.15) is 0 Å². The quantitative estimate of drug-likeness (QED) is 0.656. The van der Waals surface area contributed by atoms with Gasteiger partial charge in [0.25, 0.3) is 0 Å². The van der Waals surface area contributed by atoms with E-state index in [4.69, 9.17) is 0 Å². The molecule has 0 bridgehead atoms. The van der Waals surface area contributed by atoms with Crippen LogP contribution in [0.25, 0.3) is 10.9 Å². The largest absolute Gasteiger partial charge is 0.366 e. The summed E-state index contributed by atoms with van der Waals surface area (Å²) in [6.07, 6.45) is 1.12. The van der Waals surface area contributed by atoms with E-state index in [2.05, 4.69) is 71.4 Å². The maximum absolute atomic E-state index is 4.65. The highest BCUT2D eigenvalue weighted by molar-refractivity contribution is 5.92. The smallest absolute Gasteiger partial charge is 0.0726 e. The van der Waals surface area contributed by atoms with E-state index in [9.17, 15) is 0 Å². The van der Waals surface area contributed by atoms with E-state index in [1.54, 1.807) is 0 Å². The molecule has 0 fully saturated rings. The molecule has 3 aromatic rings. The third-order valence-electron chi connectivity index (χ3n) is 4.29. The van der Waals surface area contributed by atoms with E-state index in [1.165, 1.54) is 22.2 Å². The topological polar surface area (TPSA) is 16.1 Å². The molecule has 0 spiro atoms. The average molecular weight is 311 g/mol. The molecule has 0 amide bonds. The summed E-state index contributed by atoms with van der Waals surface area (Å²) in [7, 11) is 0. The number of aromatic nitrogens is 1. The monoisotopic (exact) mass is 310 g/mol. The second kappa shape index (κ2) is 5.98. The highest BCUT2D eigenvalue weighted by Gasteiger charge is 2.18. The van der Waals surface area contributed by atoms with Crippen LogP contribution in [-0.2, 0) is 13.0 Å². The summed E-state index contributed by atoms with van der Waals surface area (Å²) in [4.78, 5) is 7.13. The minimum Gasteiger partial charge on any atom is -0.366 e. The molecular weight excluding hydrogens is 292 g/mol. The summed E-state index contributed by atoms with van der Waals surface area (Å²) in [5, 5.41) is 1.25. The van der Waals surface area contributed by atoms with Crippen molar-refractivity contribution in [3.05, 3.63) is 71.4 Å². The first kappa shape index (κ1) is 14.9. The Morgan fingerprint density at radius 3 is 2.55 bits per heavy atom. The van der Waals surface area contributed by atoms with Crippen molar-refractivity contribution in [3.63, 3.8) is 0 Å².